The van der Waals surface area contributed by atoms with E-state index in [1.54, 1.807) is 0 Å². The van der Waals surface area contributed by atoms with E-state index in [9.17, 15) is 0 Å². The number of rotatable bonds is 2. The molecule has 1 heterocycles. The summed E-state index contributed by atoms with van der Waals surface area (Å²) >= 11 is 0. The lowest BCUT2D eigenvalue weighted by Crippen LogP contribution is -3.00. The Morgan fingerprint density at radius 1 is 0.731 bits per heavy atom. The lowest BCUT2D eigenvalue weighted by molar-refractivity contribution is -0.437. The van der Waals surface area contributed by atoms with E-state index in [1.807, 2.05) is 0 Å². The van der Waals surface area contributed by atoms with Crippen LogP contribution in [0.25, 0.3) is 0 Å². The van der Waals surface area contributed by atoms with Crippen LogP contribution in [0.1, 0.15) is 46.2 Å². The molecule has 0 N–H and O–H groups in total. The first-order chi connectivity index (χ1) is 11.9. The summed E-state index contributed by atoms with van der Waals surface area (Å²) in [5.41, 5.74) is 10.9. The minimum absolute atomic E-state index is 0. The molecule has 1 aliphatic rings. The van der Waals surface area contributed by atoms with Crippen LogP contribution in [0.4, 0.5) is 11.4 Å². The molecule has 0 radical (unpaired) electrons. The Kier molecular flexibility index (Phi) is 6.68. The van der Waals surface area contributed by atoms with Crippen LogP contribution < -0.4 is 21.9 Å². The Labute approximate surface area is 169 Å². The summed E-state index contributed by atoms with van der Waals surface area (Å²) in [4.78, 5) is 2.47. The summed E-state index contributed by atoms with van der Waals surface area (Å²) in [5, 5.41) is 0. The quantitative estimate of drug-likeness (QED) is 0.684. The summed E-state index contributed by atoms with van der Waals surface area (Å²) in [6.45, 7) is 15.5. The molecule has 0 atom stereocenters. The van der Waals surface area contributed by atoms with Crippen molar-refractivity contribution in [3.8, 4) is 0 Å². The van der Waals surface area contributed by atoms with Crippen molar-refractivity contribution in [2.75, 3.05) is 18.0 Å². The zero-order valence-corrected chi connectivity index (χ0v) is 18.6. The molecule has 26 heavy (non-hydrogen) atoms. The molecule has 0 aliphatic carbocycles. The van der Waals surface area contributed by atoms with Gasteiger partial charge in [-0.2, -0.15) is 0 Å². The van der Waals surface area contributed by atoms with Gasteiger partial charge in [0.25, 0.3) is 0 Å². The second kappa shape index (κ2) is 8.39. The minimum Gasteiger partial charge on any atom is -1.00 e. The summed E-state index contributed by atoms with van der Waals surface area (Å²) < 4.78 is 2.47. The van der Waals surface area contributed by atoms with Gasteiger partial charge in [0.15, 0.2) is 0 Å². The number of halogens is 1. The molecule has 0 saturated heterocycles. The minimum atomic E-state index is 0. The van der Waals surface area contributed by atoms with Crippen LogP contribution in [0.2, 0.25) is 0 Å². The van der Waals surface area contributed by atoms with E-state index in [4.69, 9.17) is 0 Å². The number of aryl methyl sites for hydroxylation is 6. The number of hydrogen-bond donors (Lipinski definition) is 0. The van der Waals surface area contributed by atoms with Gasteiger partial charge in [-0.05, 0) is 76.6 Å². The van der Waals surface area contributed by atoms with Crippen LogP contribution in [0.15, 0.2) is 24.3 Å². The molecule has 2 nitrogen and oxygen atoms in total. The van der Waals surface area contributed by atoms with Crippen LogP contribution in [0.3, 0.4) is 0 Å². The highest BCUT2D eigenvalue weighted by Gasteiger charge is 2.23. The highest BCUT2D eigenvalue weighted by Crippen LogP contribution is 2.29. The van der Waals surface area contributed by atoms with Crippen molar-refractivity contribution in [3.63, 3.8) is 0 Å². The summed E-state index contributed by atoms with van der Waals surface area (Å²) in [6.07, 6.45) is 4.80. The van der Waals surface area contributed by atoms with Crippen LogP contribution in [-0.4, -0.2) is 24.0 Å². The van der Waals surface area contributed by atoms with Gasteiger partial charge in [-0.3, -0.25) is 0 Å². The van der Waals surface area contributed by atoms with Gasteiger partial charge in [0.1, 0.15) is 11.4 Å². The third kappa shape index (κ3) is 4.20. The molecule has 3 heteroatoms. The molecule has 0 bridgehead atoms. The van der Waals surface area contributed by atoms with E-state index in [0.29, 0.717) is 0 Å². The molecule has 2 aromatic carbocycles. The van der Waals surface area contributed by atoms with Crippen molar-refractivity contribution < 1.29 is 21.6 Å². The van der Waals surface area contributed by atoms with E-state index in [1.165, 1.54) is 57.6 Å². The fourth-order valence-corrected chi connectivity index (χ4v) is 4.44. The highest BCUT2D eigenvalue weighted by molar-refractivity contribution is 5.81. The van der Waals surface area contributed by atoms with Crippen molar-refractivity contribution in [3.05, 3.63) is 57.6 Å². The van der Waals surface area contributed by atoms with Crippen LogP contribution >= 0.6 is 0 Å². The first-order valence-corrected chi connectivity index (χ1v) is 9.41. The topological polar surface area (TPSA) is 6.25 Å². The second-order valence-electron chi connectivity index (χ2n) is 7.70. The maximum absolute atomic E-state index is 2.47. The zero-order chi connectivity index (χ0) is 18.1. The Morgan fingerprint density at radius 2 is 1.23 bits per heavy atom. The molecule has 2 aromatic rings. The highest BCUT2D eigenvalue weighted by atomic mass is 79.9. The second-order valence-corrected chi connectivity index (χ2v) is 7.70. The normalized spacial score (nSPS) is 14.5. The van der Waals surface area contributed by atoms with Crippen molar-refractivity contribution in [2.24, 2.45) is 0 Å². The number of nitrogens with zero attached hydrogens (tertiary/aromatic N) is 2. The van der Waals surface area contributed by atoms with Crippen molar-refractivity contribution in [1.29, 1.82) is 0 Å². The molecule has 0 fully saturated rings. The average Bonchev–Trinajstić information content (AvgIpc) is 2.71. The fourth-order valence-electron chi connectivity index (χ4n) is 4.44. The SMILES string of the molecule is Cc1cc(C)c(N2C=[N+](c3c(C)cc(C)cc3C)CCCC2)c(C)c1.[Br-]. The smallest absolute Gasteiger partial charge is 0.244 e. The molecular formula is C23H31BrN2. The zero-order valence-electron chi connectivity index (χ0n) is 17.0. The van der Waals surface area contributed by atoms with Crippen LogP contribution in [0, 0.1) is 41.5 Å². The van der Waals surface area contributed by atoms with E-state index in [0.717, 1.165) is 13.1 Å². The van der Waals surface area contributed by atoms with E-state index >= 15 is 0 Å². The summed E-state index contributed by atoms with van der Waals surface area (Å²) in [7, 11) is 0. The van der Waals surface area contributed by atoms with Crippen LogP contribution in [-0.2, 0) is 0 Å². The third-order valence-electron chi connectivity index (χ3n) is 5.17. The van der Waals surface area contributed by atoms with Gasteiger partial charge < -0.3 is 17.0 Å². The average molecular weight is 415 g/mol. The van der Waals surface area contributed by atoms with Gasteiger partial charge in [-0.1, -0.05) is 35.4 Å². The van der Waals surface area contributed by atoms with Gasteiger partial charge in [-0.25, -0.2) is 9.48 Å². The largest absolute Gasteiger partial charge is 1.00 e. The molecular weight excluding hydrogens is 384 g/mol. The Bertz CT molecular complexity index is 790. The number of hydrogen-bond acceptors (Lipinski definition) is 1. The number of benzene rings is 2. The van der Waals surface area contributed by atoms with Crippen molar-refractivity contribution >= 4 is 17.7 Å². The Hall–Kier alpha value is -1.61. The van der Waals surface area contributed by atoms with E-state index in [2.05, 4.69) is 81.6 Å². The Balaban J connectivity index is 0.00000243. The molecule has 3 rings (SSSR count). The molecule has 0 spiro atoms. The maximum atomic E-state index is 2.47. The van der Waals surface area contributed by atoms with Gasteiger partial charge in [-0.15, -0.1) is 0 Å². The third-order valence-corrected chi connectivity index (χ3v) is 5.17. The van der Waals surface area contributed by atoms with Crippen molar-refractivity contribution in [2.45, 2.75) is 54.4 Å². The van der Waals surface area contributed by atoms with Gasteiger partial charge in [0, 0.05) is 0 Å². The lowest BCUT2D eigenvalue weighted by Gasteiger charge is -2.18. The monoisotopic (exact) mass is 414 g/mol. The predicted octanol–water partition coefficient (Wildman–Crippen LogP) is 2.51. The predicted molar refractivity (Wildman–Crippen MR) is 109 cm³/mol. The van der Waals surface area contributed by atoms with Gasteiger partial charge in [0.05, 0.1) is 13.1 Å². The molecule has 0 unspecified atom stereocenters. The molecule has 0 amide bonds. The van der Waals surface area contributed by atoms with Crippen molar-refractivity contribution in [1.82, 2.24) is 0 Å². The first-order valence-electron chi connectivity index (χ1n) is 9.41. The van der Waals surface area contributed by atoms with Gasteiger partial charge in [0.2, 0.25) is 6.34 Å². The molecule has 0 saturated carbocycles. The maximum Gasteiger partial charge on any atom is 0.244 e. The van der Waals surface area contributed by atoms with E-state index < -0.39 is 0 Å². The molecule has 1 aliphatic heterocycles. The summed E-state index contributed by atoms with van der Waals surface area (Å²) in [6, 6.07) is 9.20. The van der Waals surface area contributed by atoms with Crippen LogP contribution in [0.5, 0.6) is 0 Å². The Morgan fingerprint density at radius 3 is 1.77 bits per heavy atom. The summed E-state index contributed by atoms with van der Waals surface area (Å²) in [5.74, 6) is 0. The molecule has 140 valence electrons. The lowest BCUT2D eigenvalue weighted by atomic mass is 10.0. The van der Waals surface area contributed by atoms with Gasteiger partial charge >= 0.3 is 0 Å². The van der Waals surface area contributed by atoms with E-state index in [-0.39, 0.29) is 17.0 Å². The number of anilines is 1. The first kappa shape index (κ1) is 20.7. The standard InChI is InChI=1S/C23H31N2.BrH/c1-16-11-18(3)22(19(4)12-16)24-9-7-8-10-25(15-24)23-20(5)13-17(2)14-21(23)6;/h11-15H,7-10H2,1-6H3;1H/q+1;/p-1. The fraction of sp³-hybridized carbons (Fsp3) is 0.435. The molecule has 0 aromatic heterocycles.